The van der Waals surface area contributed by atoms with Crippen LogP contribution in [0.15, 0.2) is 0 Å². The molecule has 0 saturated heterocycles. The highest BCUT2D eigenvalue weighted by Crippen LogP contribution is 2.26. The van der Waals surface area contributed by atoms with Crippen LogP contribution in [-0.4, -0.2) is 30.6 Å². The van der Waals surface area contributed by atoms with Gasteiger partial charge in [-0.3, -0.25) is 0 Å². The van der Waals surface area contributed by atoms with Crippen LogP contribution in [0.1, 0.15) is 52.4 Å². The van der Waals surface area contributed by atoms with Crippen molar-refractivity contribution in [3.8, 4) is 0 Å². The monoisotopic (exact) mass is 212 g/mol. The van der Waals surface area contributed by atoms with Crippen LogP contribution in [0.3, 0.4) is 0 Å². The van der Waals surface area contributed by atoms with Gasteiger partial charge in [-0.2, -0.15) is 0 Å². The summed E-state index contributed by atoms with van der Waals surface area (Å²) in [6.07, 6.45) is 8.12. The van der Waals surface area contributed by atoms with E-state index in [1.165, 1.54) is 45.2 Å². The minimum Gasteiger partial charge on any atom is -0.330 e. The molecule has 1 rings (SSSR count). The molecule has 0 aromatic heterocycles. The summed E-state index contributed by atoms with van der Waals surface area (Å²) in [5.41, 5.74) is 5.60. The first-order chi connectivity index (χ1) is 7.27. The van der Waals surface area contributed by atoms with Crippen LogP contribution in [0.4, 0.5) is 0 Å². The lowest BCUT2D eigenvalue weighted by Crippen LogP contribution is -2.43. The molecule has 0 amide bonds. The van der Waals surface area contributed by atoms with Gasteiger partial charge < -0.3 is 10.6 Å². The first-order valence-corrected chi connectivity index (χ1v) is 6.72. The van der Waals surface area contributed by atoms with Gasteiger partial charge in [0, 0.05) is 12.6 Å². The van der Waals surface area contributed by atoms with Crippen LogP contribution in [0.5, 0.6) is 0 Å². The van der Waals surface area contributed by atoms with Crippen LogP contribution in [0.25, 0.3) is 0 Å². The maximum Gasteiger partial charge on any atom is 0.00954 e. The van der Waals surface area contributed by atoms with Gasteiger partial charge in [0.25, 0.3) is 0 Å². The highest BCUT2D eigenvalue weighted by Gasteiger charge is 2.25. The zero-order valence-corrected chi connectivity index (χ0v) is 10.5. The molecule has 0 aromatic rings. The smallest absolute Gasteiger partial charge is 0.00954 e. The fraction of sp³-hybridized carbons (Fsp3) is 1.00. The van der Waals surface area contributed by atoms with E-state index in [1.807, 2.05) is 0 Å². The molecule has 1 atom stereocenters. The lowest BCUT2D eigenvalue weighted by molar-refractivity contribution is 0.107. The first kappa shape index (κ1) is 13.0. The average molecular weight is 212 g/mol. The minimum absolute atomic E-state index is 0.839. The Labute approximate surface area is 95.2 Å². The summed E-state index contributed by atoms with van der Waals surface area (Å²) in [5, 5.41) is 0. The fourth-order valence-corrected chi connectivity index (χ4v) is 2.45. The quantitative estimate of drug-likeness (QED) is 0.670. The molecule has 1 unspecified atom stereocenters. The van der Waals surface area contributed by atoms with Gasteiger partial charge in [0.15, 0.2) is 0 Å². The SMILES string of the molecule is CCCC(C)CN(CCCN)C1CCC1. The summed E-state index contributed by atoms with van der Waals surface area (Å²) < 4.78 is 0. The first-order valence-electron chi connectivity index (χ1n) is 6.72. The van der Waals surface area contributed by atoms with Gasteiger partial charge in [0.05, 0.1) is 0 Å². The second-order valence-corrected chi connectivity index (χ2v) is 5.12. The van der Waals surface area contributed by atoms with Gasteiger partial charge in [0.2, 0.25) is 0 Å². The third kappa shape index (κ3) is 4.52. The van der Waals surface area contributed by atoms with Gasteiger partial charge in [-0.25, -0.2) is 0 Å². The lowest BCUT2D eigenvalue weighted by atomic mass is 9.90. The Hall–Kier alpha value is -0.0800. The van der Waals surface area contributed by atoms with Crippen molar-refractivity contribution < 1.29 is 0 Å². The van der Waals surface area contributed by atoms with E-state index in [9.17, 15) is 0 Å². The van der Waals surface area contributed by atoms with Crippen LogP contribution >= 0.6 is 0 Å². The molecule has 0 aromatic carbocycles. The predicted molar refractivity (Wildman–Crippen MR) is 67.0 cm³/mol. The molecule has 0 bridgehead atoms. The fourth-order valence-electron chi connectivity index (χ4n) is 2.45. The van der Waals surface area contributed by atoms with Gasteiger partial charge in [-0.1, -0.05) is 26.7 Å². The Morgan fingerprint density at radius 2 is 2.13 bits per heavy atom. The topological polar surface area (TPSA) is 29.3 Å². The third-order valence-electron chi connectivity index (χ3n) is 3.57. The predicted octanol–water partition coefficient (Wildman–Crippen LogP) is 2.63. The summed E-state index contributed by atoms with van der Waals surface area (Å²) in [5.74, 6) is 0.855. The van der Waals surface area contributed by atoms with Crippen molar-refractivity contribution in [2.24, 2.45) is 11.7 Å². The van der Waals surface area contributed by atoms with E-state index in [-0.39, 0.29) is 0 Å². The molecule has 90 valence electrons. The van der Waals surface area contributed by atoms with Crippen molar-refractivity contribution in [2.75, 3.05) is 19.6 Å². The van der Waals surface area contributed by atoms with Crippen LogP contribution in [0.2, 0.25) is 0 Å². The van der Waals surface area contributed by atoms with E-state index < -0.39 is 0 Å². The molecule has 1 saturated carbocycles. The van der Waals surface area contributed by atoms with Crippen LogP contribution in [-0.2, 0) is 0 Å². The molecule has 1 aliphatic carbocycles. The largest absolute Gasteiger partial charge is 0.330 e. The highest BCUT2D eigenvalue weighted by molar-refractivity contribution is 4.81. The van der Waals surface area contributed by atoms with Crippen molar-refractivity contribution in [1.82, 2.24) is 4.90 Å². The number of rotatable bonds is 8. The maximum atomic E-state index is 5.60. The van der Waals surface area contributed by atoms with Crippen molar-refractivity contribution in [1.29, 1.82) is 0 Å². The number of nitrogens with two attached hydrogens (primary N) is 1. The Morgan fingerprint density at radius 3 is 2.60 bits per heavy atom. The molecule has 0 heterocycles. The second-order valence-electron chi connectivity index (χ2n) is 5.12. The third-order valence-corrected chi connectivity index (χ3v) is 3.57. The Morgan fingerprint density at radius 1 is 1.40 bits per heavy atom. The molecular weight excluding hydrogens is 184 g/mol. The summed E-state index contributed by atoms with van der Waals surface area (Å²) >= 11 is 0. The van der Waals surface area contributed by atoms with Crippen molar-refractivity contribution in [3.05, 3.63) is 0 Å². The summed E-state index contributed by atoms with van der Waals surface area (Å²) in [4.78, 5) is 2.69. The van der Waals surface area contributed by atoms with Crippen LogP contribution < -0.4 is 5.73 Å². The van der Waals surface area contributed by atoms with E-state index in [4.69, 9.17) is 5.73 Å². The standard InChI is InChI=1S/C13H28N2/c1-3-6-12(2)11-15(10-5-9-14)13-7-4-8-13/h12-13H,3-11,14H2,1-2H3. The molecule has 2 N–H and O–H groups in total. The van der Waals surface area contributed by atoms with Gasteiger partial charge >= 0.3 is 0 Å². The molecule has 2 heteroatoms. The second kappa shape index (κ2) is 7.24. The van der Waals surface area contributed by atoms with Crippen molar-refractivity contribution in [3.63, 3.8) is 0 Å². The Kier molecular flexibility index (Phi) is 6.26. The molecule has 2 nitrogen and oxygen atoms in total. The molecular formula is C13H28N2. The van der Waals surface area contributed by atoms with Crippen molar-refractivity contribution in [2.45, 2.75) is 58.4 Å². The Bertz CT molecular complexity index is 155. The number of hydrogen-bond donors (Lipinski definition) is 1. The minimum atomic E-state index is 0.839. The summed E-state index contributed by atoms with van der Waals surface area (Å²) in [6.45, 7) is 8.01. The van der Waals surface area contributed by atoms with Gasteiger partial charge in [-0.05, 0) is 44.7 Å². The average Bonchev–Trinajstić information content (AvgIpc) is 2.11. The van der Waals surface area contributed by atoms with Crippen molar-refractivity contribution >= 4 is 0 Å². The maximum absolute atomic E-state index is 5.60. The molecule has 1 fully saturated rings. The zero-order valence-electron chi connectivity index (χ0n) is 10.5. The van der Waals surface area contributed by atoms with E-state index in [0.29, 0.717) is 0 Å². The normalized spacial score (nSPS) is 19.2. The van der Waals surface area contributed by atoms with E-state index in [2.05, 4.69) is 18.7 Å². The van der Waals surface area contributed by atoms with Crippen LogP contribution in [0, 0.1) is 5.92 Å². The number of hydrogen-bond acceptors (Lipinski definition) is 2. The molecule has 15 heavy (non-hydrogen) atoms. The molecule has 0 spiro atoms. The Balaban J connectivity index is 2.27. The number of nitrogens with zero attached hydrogens (tertiary/aromatic N) is 1. The van der Waals surface area contributed by atoms with Gasteiger partial charge in [-0.15, -0.1) is 0 Å². The molecule has 0 aliphatic heterocycles. The van der Waals surface area contributed by atoms with E-state index in [0.717, 1.165) is 24.9 Å². The molecule has 0 radical (unpaired) electrons. The van der Waals surface area contributed by atoms with E-state index >= 15 is 0 Å². The summed E-state index contributed by atoms with van der Waals surface area (Å²) in [7, 11) is 0. The molecule has 1 aliphatic rings. The highest BCUT2D eigenvalue weighted by atomic mass is 15.2. The lowest BCUT2D eigenvalue weighted by Gasteiger charge is -2.39. The summed E-state index contributed by atoms with van der Waals surface area (Å²) in [6, 6.07) is 0.885. The van der Waals surface area contributed by atoms with E-state index in [1.54, 1.807) is 0 Å². The van der Waals surface area contributed by atoms with Gasteiger partial charge in [0.1, 0.15) is 0 Å². The zero-order chi connectivity index (χ0) is 11.1.